The minimum atomic E-state index is 0.0736. The fourth-order valence-corrected chi connectivity index (χ4v) is 2.04. The number of likely N-dealkylation sites (N-methyl/N-ethyl adjacent to an activating group) is 1. The van der Waals surface area contributed by atoms with Crippen LogP contribution in [0.15, 0.2) is 30.3 Å². The predicted molar refractivity (Wildman–Crippen MR) is 78.9 cm³/mol. The highest BCUT2D eigenvalue weighted by Gasteiger charge is 2.16. The number of rotatable bonds is 8. The lowest BCUT2D eigenvalue weighted by Crippen LogP contribution is -2.42. The summed E-state index contributed by atoms with van der Waals surface area (Å²) in [4.78, 5) is 13.8. The highest BCUT2D eigenvalue weighted by molar-refractivity contribution is 5.76. The van der Waals surface area contributed by atoms with E-state index in [1.807, 2.05) is 32.2 Å². The zero-order valence-corrected chi connectivity index (χ0v) is 11.9. The zero-order chi connectivity index (χ0) is 14.1. The lowest BCUT2D eigenvalue weighted by atomic mass is 10.1. The van der Waals surface area contributed by atoms with Crippen LogP contribution in [0.2, 0.25) is 0 Å². The zero-order valence-electron chi connectivity index (χ0n) is 11.9. The van der Waals surface area contributed by atoms with Gasteiger partial charge < -0.3 is 16.0 Å². The molecular formula is C15H25N3O. The first-order valence-electron chi connectivity index (χ1n) is 6.88. The van der Waals surface area contributed by atoms with Crippen LogP contribution in [0.25, 0.3) is 0 Å². The number of carbonyl (C=O) groups is 1. The highest BCUT2D eigenvalue weighted by Crippen LogP contribution is 2.05. The molecule has 0 aromatic heterocycles. The number of carbonyl (C=O) groups excluding carboxylic acids is 1. The normalized spacial score (nSPS) is 12.4. The van der Waals surface area contributed by atoms with Crippen molar-refractivity contribution in [3.63, 3.8) is 0 Å². The average Bonchev–Trinajstić information content (AvgIpc) is 2.43. The largest absolute Gasteiger partial charge is 0.356 e. The Kier molecular flexibility index (Phi) is 7.15. The molecule has 1 amide bonds. The van der Waals surface area contributed by atoms with Crippen LogP contribution in [0.5, 0.6) is 0 Å². The van der Waals surface area contributed by atoms with E-state index in [1.54, 1.807) is 0 Å². The van der Waals surface area contributed by atoms with Crippen LogP contribution in [-0.2, 0) is 11.2 Å². The van der Waals surface area contributed by atoms with Gasteiger partial charge in [-0.15, -0.1) is 0 Å². The van der Waals surface area contributed by atoms with Gasteiger partial charge in [0, 0.05) is 32.1 Å². The molecule has 1 unspecified atom stereocenters. The van der Waals surface area contributed by atoms with Crippen LogP contribution >= 0.6 is 0 Å². The summed E-state index contributed by atoms with van der Waals surface area (Å²) in [6, 6.07) is 10.5. The van der Waals surface area contributed by atoms with E-state index in [2.05, 4.69) is 22.3 Å². The molecule has 0 aliphatic carbocycles. The third-order valence-corrected chi connectivity index (χ3v) is 3.29. The molecule has 0 fully saturated rings. The number of nitrogens with one attached hydrogen (secondary N) is 1. The molecule has 19 heavy (non-hydrogen) atoms. The fraction of sp³-hybridized carbons (Fsp3) is 0.533. The van der Waals surface area contributed by atoms with Crippen LogP contribution in [-0.4, -0.2) is 43.5 Å². The molecule has 1 aromatic carbocycles. The van der Waals surface area contributed by atoms with Crippen molar-refractivity contribution in [2.75, 3.05) is 26.7 Å². The van der Waals surface area contributed by atoms with Crippen LogP contribution in [0.4, 0.5) is 0 Å². The van der Waals surface area contributed by atoms with Gasteiger partial charge >= 0.3 is 0 Å². The van der Waals surface area contributed by atoms with Crippen molar-refractivity contribution in [1.29, 1.82) is 0 Å². The second kappa shape index (κ2) is 8.67. The standard InChI is InChI=1S/C15H25N3O/c1-3-17-15(19)11-14(12-16)18(2)10-9-13-7-5-4-6-8-13/h4-8,14H,3,9-12,16H2,1-2H3,(H,17,19). The van der Waals surface area contributed by atoms with Crippen molar-refractivity contribution in [2.45, 2.75) is 25.8 Å². The van der Waals surface area contributed by atoms with Gasteiger partial charge in [0.2, 0.25) is 5.91 Å². The Bertz CT molecular complexity index is 367. The summed E-state index contributed by atoms with van der Waals surface area (Å²) in [5.41, 5.74) is 7.07. The summed E-state index contributed by atoms with van der Waals surface area (Å²) < 4.78 is 0. The number of benzene rings is 1. The van der Waals surface area contributed by atoms with E-state index in [9.17, 15) is 4.79 Å². The molecule has 106 valence electrons. The molecule has 4 nitrogen and oxygen atoms in total. The highest BCUT2D eigenvalue weighted by atomic mass is 16.1. The molecule has 1 rings (SSSR count). The smallest absolute Gasteiger partial charge is 0.221 e. The van der Waals surface area contributed by atoms with Crippen LogP contribution in [0, 0.1) is 0 Å². The quantitative estimate of drug-likeness (QED) is 0.736. The van der Waals surface area contributed by atoms with E-state index < -0.39 is 0 Å². The summed E-state index contributed by atoms with van der Waals surface area (Å²) in [5, 5.41) is 2.82. The van der Waals surface area contributed by atoms with Gasteiger partial charge in [0.1, 0.15) is 0 Å². The third kappa shape index (κ3) is 5.85. The van der Waals surface area contributed by atoms with Crippen molar-refractivity contribution in [2.24, 2.45) is 5.73 Å². The van der Waals surface area contributed by atoms with Crippen LogP contribution < -0.4 is 11.1 Å². The van der Waals surface area contributed by atoms with Crippen LogP contribution in [0.1, 0.15) is 18.9 Å². The van der Waals surface area contributed by atoms with Crippen molar-refractivity contribution in [3.05, 3.63) is 35.9 Å². The van der Waals surface area contributed by atoms with Crippen molar-refractivity contribution >= 4 is 5.91 Å². The van der Waals surface area contributed by atoms with Gasteiger partial charge in [0.15, 0.2) is 0 Å². The minimum absolute atomic E-state index is 0.0736. The Balaban J connectivity index is 2.41. The van der Waals surface area contributed by atoms with Gasteiger partial charge in [0.05, 0.1) is 0 Å². The van der Waals surface area contributed by atoms with Gasteiger partial charge in [0.25, 0.3) is 0 Å². The molecule has 0 saturated carbocycles. The van der Waals surface area contributed by atoms with E-state index in [4.69, 9.17) is 5.73 Å². The molecule has 0 aliphatic rings. The first-order chi connectivity index (χ1) is 9.17. The molecule has 0 spiro atoms. The lowest BCUT2D eigenvalue weighted by Gasteiger charge is -2.26. The molecule has 4 heteroatoms. The second-order valence-corrected chi connectivity index (χ2v) is 4.76. The maximum Gasteiger partial charge on any atom is 0.221 e. The number of hydrogen-bond donors (Lipinski definition) is 2. The Labute approximate surface area is 116 Å². The Morgan fingerprint density at radius 2 is 2.05 bits per heavy atom. The monoisotopic (exact) mass is 263 g/mol. The molecule has 0 aliphatic heterocycles. The average molecular weight is 263 g/mol. The summed E-state index contributed by atoms with van der Waals surface area (Å²) >= 11 is 0. The van der Waals surface area contributed by atoms with E-state index in [1.165, 1.54) is 5.56 Å². The summed E-state index contributed by atoms with van der Waals surface area (Å²) in [7, 11) is 2.03. The first-order valence-corrected chi connectivity index (χ1v) is 6.88. The summed E-state index contributed by atoms with van der Waals surface area (Å²) in [6.45, 7) is 4.01. The SMILES string of the molecule is CCNC(=O)CC(CN)N(C)CCc1ccccc1. The van der Waals surface area contributed by atoms with Gasteiger partial charge in [-0.05, 0) is 26.0 Å². The number of amides is 1. The van der Waals surface area contributed by atoms with Gasteiger partial charge in [-0.25, -0.2) is 0 Å². The maximum absolute atomic E-state index is 11.6. The first kappa shape index (κ1) is 15.7. The van der Waals surface area contributed by atoms with Crippen molar-refractivity contribution in [1.82, 2.24) is 10.2 Å². The van der Waals surface area contributed by atoms with E-state index >= 15 is 0 Å². The molecule has 3 N–H and O–H groups in total. The molecule has 0 bridgehead atoms. The van der Waals surface area contributed by atoms with E-state index in [0.717, 1.165) is 13.0 Å². The molecule has 0 heterocycles. The van der Waals surface area contributed by atoms with Gasteiger partial charge in [-0.2, -0.15) is 0 Å². The van der Waals surface area contributed by atoms with Crippen molar-refractivity contribution < 1.29 is 4.79 Å². The lowest BCUT2D eigenvalue weighted by molar-refractivity contribution is -0.122. The number of nitrogens with zero attached hydrogens (tertiary/aromatic N) is 1. The van der Waals surface area contributed by atoms with Crippen molar-refractivity contribution in [3.8, 4) is 0 Å². The number of hydrogen-bond acceptors (Lipinski definition) is 3. The van der Waals surface area contributed by atoms with Gasteiger partial charge in [-0.3, -0.25) is 4.79 Å². The fourth-order valence-electron chi connectivity index (χ4n) is 2.04. The Morgan fingerprint density at radius 1 is 1.37 bits per heavy atom. The summed E-state index contributed by atoms with van der Waals surface area (Å²) in [5.74, 6) is 0.0736. The molecule has 1 atom stereocenters. The maximum atomic E-state index is 11.6. The topological polar surface area (TPSA) is 58.4 Å². The van der Waals surface area contributed by atoms with E-state index in [0.29, 0.717) is 19.5 Å². The Morgan fingerprint density at radius 3 is 2.63 bits per heavy atom. The third-order valence-electron chi connectivity index (χ3n) is 3.29. The second-order valence-electron chi connectivity index (χ2n) is 4.76. The Hall–Kier alpha value is -1.39. The minimum Gasteiger partial charge on any atom is -0.356 e. The molecule has 0 saturated heterocycles. The molecule has 1 aromatic rings. The molecular weight excluding hydrogens is 238 g/mol. The molecule has 0 radical (unpaired) electrons. The summed E-state index contributed by atoms with van der Waals surface area (Å²) in [6.07, 6.45) is 1.44. The number of nitrogens with two attached hydrogens (primary N) is 1. The predicted octanol–water partition coefficient (Wildman–Crippen LogP) is 1.01. The van der Waals surface area contributed by atoms with E-state index in [-0.39, 0.29) is 11.9 Å². The van der Waals surface area contributed by atoms with Gasteiger partial charge in [-0.1, -0.05) is 30.3 Å². The van der Waals surface area contributed by atoms with Crippen LogP contribution in [0.3, 0.4) is 0 Å².